The summed E-state index contributed by atoms with van der Waals surface area (Å²) in [5.74, 6) is 0.920. The smallest absolute Gasteiger partial charge is 0.119 e. The van der Waals surface area contributed by atoms with Gasteiger partial charge in [0.25, 0.3) is 0 Å². The van der Waals surface area contributed by atoms with Crippen molar-refractivity contribution in [3.8, 4) is 5.75 Å². The lowest BCUT2D eigenvalue weighted by molar-refractivity contribution is 0.341. The fourth-order valence-electron chi connectivity index (χ4n) is 2.96. The summed E-state index contributed by atoms with van der Waals surface area (Å²) in [6, 6.07) is 21.2. The van der Waals surface area contributed by atoms with E-state index in [1.807, 2.05) is 13.0 Å². The van der Waals surface area contributed by atoms with E-state index in [2.05, 4.69) is 80.7 Å². The number of rotatable bonds is 4. The zero-order chi connectivity index (χ0) is 17.2. The first kappa shape index (κ1) is 16.4. The van der Waals surface area contributed by atoms with Gasteiger partial charge in [-0.3, -0.25) is 0 Å². The van der Waals surface area contributed by atoms with Crippen molar-refractivity contribution < 1.29 is 4.74 Å². The third kappa shape index (κ3) is 3.53. The Hall–Kier alpha value is -2.48. The van der Waals surface area contributed by atoms with Crippen molar-refractivity contribution >= 4 is 22.1 Å². The summed E-state index contributed by atoms with van der Waals surface area (Å²) in [4.78, 5) is 0. The molecule has 0 saturated carbocycles. The highest BCUT2D eigenvalue weighted by Gasteiger charge is 2.17. The topological polar surface area (TPSA) is 21.3 Å². The molecule has 0 aliphatic heterocycles. The summed E-state index contributed by atoms with van der Waals surface area (Å²) in [5, 5.41) is 5.98. The summed E-state index contributed by atoms with van der Waals surface area (Å²) < 4.78 is 5.58. The quantitative estimate of drug-likeness (QED) is 0.611. The minimum Gasteiger partial charge on any atom is -0.494 e. The largest absolute Gasteiger partial charge is 0.494 e. The first-order valence-electron chi connectivity index (χ1n) is 8.50. The van der Waals surface area contributed by atoms with Gasteiger partial charge in [-0.2, -0.15) is 0 Å². The molecule has 0 bridgehead atoms. The molecule has 0 fully saturated rings. The molecule has 2 nitrogen and oxygen atoms in total. The Morgan fingerprint density at radius 2 is 1.58 bits per heavy atom. The van der Waals surface area contributed by atoms with E-state index in [0.717, 1.165) is 17.1 Å². The number of ether oxygens (including phenoxy) is 1. The lowest BCUT2D eigenvalue weighted by atomic mass is 9.86. The fourth-order valence-corrected chi connectivity index (χ4v) is 2.96. The van der Waals surface area contributed by atoms with E-state index in [-0.39, 0.29) is 5.41 Å². The van der Waals surface area contributed by atoms with Crippen LogP contribution in [0.25, 0.3) is 10.8 Å². The Balaban J connectivity index is 1.93. The Morgan fingerprint density at radius 3 is 2.33 bits per heavy atom. The summed E-state index contributed by atoms with van der Waals surface area (Å²) >= 11 is 0. The summed E-state index contributed by atoms with van der Waals surface area (Å²) in [7, 11) is 0. The molecule has 2 heteroatoms. The summed E-state index contributed by atoms with van der Waals surface area (Å²) in [5.41, 5.74) is 3.68. The van der Waals surface area contributed by atoms with Gasteiger partial charge in [-0.05, 0) is 59.0 Å². The molecule has 0 aliphatic rings. The van der Waals surface area contributed by atoms with E-state index in [1.165, 1.54) is 16.3 Å². The molecular weight excluding hydrogens is 294 g/mol. The second-order valence-electron chi connectivity index (χ2n) is 7.08. The van der Waals surface area contributed by atoms with Crippen molar-refractivity contribution in [2.24, 2.45) is 0 Å². The SMILES string of the molecule is CCOc1ccc2cc(Nc3ccccc3C(C)(C)C)ccc2c1. The van der Waals surface area contributed by atoms with Crippen LogP contribution in [0, 0.1) is 0 Å². The molecule has 3 rings (SSSR count). The van der Waals surface area contributed by atoms with E-state index in [9.17, 15) is 0 Å². The van der Waals surface area contributed by atoms with E-state index in [0.29, 0.717) is 6.61 Å². The highest BCUT2D eigenvalue weighted by Crippen LogP contribution is 2.32. The van der Waals surface area contributed by atoms with Crippen molar-refractivity contribution in [3.63, 3.8) is 0 Å². The number of hydrogen-bond donors (Lipinski definition) is 1. The van der Waals surface area contributed by atoms with E-state index >= 15 is 0 Å². The van der Waals surface area contributed by atoms with Crippen molar-refractivity contribution in [1.29, 1.82) is 0 Å². The van der Waals surface area contributed by atoms with Gasteiger partial charge in [0, 0.05) is 11.4 Å². The molecular formula is C22H25NO. The third-order valence-electron chi connectivity index (χ3n) is 4.14. The zero-order valence-corrected chi connectivity index (χ0v) is 14.9. The average Bonchev–Trinajstić information content (AvgIpc) is 2.55. The van der Waals surface area contributed by atoms with Crippen LogP contribution in [0.2, 0.25) is 0 Å². The first-order valence-corrected chi connectivity index (χ1v) is 8.50. The molecule has 0 amide bonds. The number of para-hydroxylation sites is 1. The van der Waals surface area contributed by atoms with Crippen molar-refractivity contribution in [2.75, 3.05) is 11.9 Å². The van der Waals surface area contributed by atoms with Crippen molar-refractivity contribution in [2.45, 2.75) is 33.1 Å². The lowest BCUT2D eigenvalue weighted by Gasteiger charge is -2.23. The minimum absolute atomic E-state index is 0.104. The standard InChI is InChI=1S/C22H25NO/c1-5-24-19-13-11-16-14-18(12-10-17(16)15-19)23-21-9-7-6-8-20(21)22(2,3)4/h6-15,23H,5H2,1-4H3. The molecule has 0 atom stereocenters. The van der Waals surface area contributed by atoms with Gasteiger partial charge in [-0.1, -0.05) is 51.1 Å². The van der Waals surface area contributed by atoms with Crippen LogP contribution in [0.5, 0.6) is 5.75 Å². The molecule has 24 heavy (non-hydrogen) atoms. The van der Waals surface area contributed by atoms with Gasteiger partial charge in [-0.15, -0.1) is 0 Å². The van der Waals surface area contributed by atoms with Gasteiger partial charge >= 0.3 is 0 Å². The molecule has 0 radical (unpaired) electrons. The average molecular weight is 319 g/mol. The molecule has 1 N–H and O–H groups in total. The van der Waals surface area contributed by atoms with Gasteiger partial charge in [-0.25, -0.2) is 0 Å². The molecule has 124 valence electrons. The van der Waals surface area contributed by atoms with E-state index < -0.39 is 0 Å². The molecule has 0 heterocycles. The zero-order valence-electron chi connectivity index (χ0n) is 14.9. The van der Waals surface area contributed by atoms with Crippen LogP contribution in [0.4, 0.5) is 11.4 Å². The first-order chi connectivity index (χ1) is 11.5. The molecule has 3 aromatic carbocycles. The van der Waals surface area contributed by atoms with E-state index in [4.69, 9.17) is 4.74 Å². The summed E-state index contributed by atoms with van der Waals surface area (Å²) in [6.07, 6.45) is 0. The van der Waals surface area contributed by atoms with Crippen LogP contribution in [-0.4, -0.2) is 6.61 Å². The number of nitrogens with one attached hydrogen (secondary N) is 1. The lowest BCUT2D eigenvalue weighted by Crippen LogP contribution is -2.13. The van der Waals surface area contributed by atoms with Crippen LogP contribution in [-0.2, 0) is 5.41 Å². The van der Waals surface area contributed by atoms with Gasteiger partial charge in [0.1, 0.15) is 5.75 Å². The monoisotopic (exact) mass is 319 g/mol. The minimum atomic E-state index is 0.104. The van der Waals surface area contributed by atoms with Gasteiger partial charge in [0.05, 0.1) is 6.61 Å². The molecule has 0 spiro atoms. The van der Waals surface area contributed by atoms with Gasteiger partial charge in [0.2, 0.25) is 0 Å². The predicted molar refractivity (Wildman–Crippen MR) is 104 cm³/mol. The number of benzene rings is 3. The highest BCUT2D eigenvalue weighted by atomic mass is 16.5. The maximum atomic E-state index is 5.58. The van der Waals surface area contributed by atoms with Crippen LogP contribution in [0.15, 0.2) is 60.7 Å². The number of hydrogen-bond acceptors (Lipinski definition) is 2. The normalized spacial score (nSPS) is 11.5. The summed E-state index contributed by atoms with van der Waals surface area (Å²) in [6.45, 7) is 9.41. The van der Waals surface area contributed by atoms with Gasteiger partial charge < -0.3 is 10.1 Å². The van der Waals surface area contributed by atoms with Crippen LogP contribution >= 0.6 is 0 Å². The number of anilines is 2. The molecule has 0 aromatic heterocycles. The molecule has 0 saturated heterocycles. The van der Waals surface area contributed by atoms with Crippen LogP contribution < -0.4 is 10.1 Å². The molecule has 0 aliphatic carbocycles. The maximum Gasteiger partial charge on any atom is 0.119 e. The Kier molecular flexibility index (Phi) is 4.48. The van der Waals surface area contributed by atoms with Crippen molar-refractivity contribution in [3.05, 3.63) is 66.2 Å². The van der Waals surface area contributed by atoms with Crippen LogP contribution in [0.1, 0.15) is 33.3 Å². The Morgan fingerprint density at radius 1 is 0.875 bits per heavy atom. The third-order valence-corrected chi connectivity index (χ3v) is 4.14. The van der Waals surface area contributed by atoms with Gasteiger partial charge in [0.15, 0.2) is 0 Å². The second-order valence-corrected chi connectivity index (χ2v) is 7.08. The van der Waals surface area contributed by atoms with E-state index in [1.54, 1.807) is 0 Å². The molecule has 3 aromatic rings. The molecule has 0 unspecified atom stereocenters. The number of fused-ring (bicyclic) bond motifs is 1. The second kappa shape index (κ2) is 6.56. The fraction of sp³-hybridized carbons (Fsp3) is 0.273. The van der Waals surface area contributed by atoms with Crippen LogP contribution in [0.3, 0.4) is 0 Å². The predicted octanol–water partition coefficient (Wildman–Crippen LogP) is 6.28. The Bertz CT molecular complexity index is 846. The maximum absolute atomic E-state index is 5.58. The van der Waals surface area contributed by atoms with Crippen molar-refractivity contribution in [1.82, 2.24) is 0 Å². The highest BCUT2D eigenvalue weighted by molar-refractivity contribution is 5.87. The Labute approximate surface area is 144 Å².